The molecule has 1 aromatic heterocycles. The Balaban J connectivity index is 0.932. The monoisotopic (exact) mass is 701 g/mol. The summed E-state index contributed by atoms with van der Waals surface area (Å²) in [5, 5.41) is 0.493. The first kappa shape index (κ1) is 35.7. The first-order chi connectivity index (χ1) is 24.8. The Morgan fingerprint density at radius 3 is 2.10 bits per heavy atom. The number of hydrogen-bond donors (Lipinski definition) is 0. The fraction of sp³-hybridized carbons (Fsp3) is 0.256. The van der Waals surface area contributed by atoms with E-state index in [2.05, 4.69) is 84.4 Å². The fourth-order valence-electron chi connectivity index (χ4n) is 5.78. The highest BCUT2D eigenvalue weighted by Gasteiger charge is 2.20. The number of amides is 1. The van der Waals surface area contributed by atoms with Gasteiger partial charge in [0.1, 0.15) is 23.9 Å². The van der Waals surface area contributed by atoms with Gasteiger partial charge in [-0.2, -0.15) is 0 Å². The van der Waals surface area contributed by atoms with Gasteiger partial charge < -0.3 is 19.1 Å². The summed E-state index contributed by atoms with van der Waals surface area (Å²) in [7, 11) is 0. The lowest BCUT2D eigenvalue weighted by Crippen LogP contribution is -2.47. The molecule has 1 saturated heterocycles. The van der Waals surface area contributed by atoms with Crippen molar-refractivity contribution in [2.24, 2.45) is 0 Å². The third-order valence-electron chi connectivity index (χ3n) is 8.94. The Bertz CT molecular complexity index is 1920. The number of piperazine rings is 1. The molecular formula is C43H44ClN3O4. The molecule has 1 amide bonds. The molecule has 0 N–H and O–H groups in total. The summed E-state index contributed by atoms with van der Waals surface area (Å²) in [6.07, 6.45) is 5.89. The van der Waals surface area contributed by atoms with Crippen LogP contribution in [0.15, 0.2) is 109 Å². The van der Waals surface area contributed by atoms with Crippen LogP contribution in [-0.4, -0.2) is 53.5 Å². The topological polar surface area (TPSA) is 64.1 Å². The van der Waals surface area contributed by atoms with Crippen LogP contribution in [-0.2, 0) is 24.4 Å². The minimum absolute atomic E-state index is 0.0187. The van der Waals surface area contributed by atoms with Crippen LogP contribution in [0, 0.1) is 20.8 Å². The number of aryl methyl sites for hydroxylation is 3. The SMILES string of the molecule is Cc1ccc(COc2ccc(Oc3cc(Cl)c(/C=C/C(=O)N4CCN(Cc5ccc(CCOc6ccc(C)cc6)cc5)CC4)cc3C)nc2)cc1. The van der Waals surface area contributed by atoms with Crippen LogP contribution in [0.3, 0.4) is 0 Å². The summed E-state index contributed by atoms with van der Waals surface area (Å²) < 4.78 is 17.8. The zero-order chi connectivity index (χ0) is 35.6. The third-order valence-corrected chi connectivity index (χ3v) is 9.27. The van der Waals surface area contributed by atoms with Gasteiger partial charge in [0, 0.05) is 57.4 Å². The van der Waals surface area contributed by atoms with Crippen LogP contribution in [0.5, 0.6) is 23.1 Å². The predicted octanol–water partition coefficient (Wildman–Crippen LogP) is 9.01. The second kappa shape index (κ2) is 17.2. The minimum Gasteiger partial charge on any atom is -0.493 e. The second-order valence-electron chi connectivity index (χ2n) is 13.0. The van der Waals surface area contributed by atoms with Crippen molar-refractivity contribution in [3.63, 3.8) is 0 Å². The van der Waals surface area contributed by atoms with E-state index in [1.807, 2.05) is 36.1 Å². The Labute approximate surface area is 306 Å². The van der Waals surface area contributed by atoms with E-state index in [0.29, 0.717) is 48.7 Å². The maximum Gasteiger partial charge on any atom is 0.246 e. The zero-order valence-electron chi connectivity index (χ0n) is 29.5. The summed E-state index contributed by atoms with van der Waals surface area (Å²) in [6, 6.07) is 32.4. The van der Waals surface area contributed by atoms with Crippen LogP contribution < -0.4 is 14.2 Å². The van der Waals surface area contributed by atoms with Crippen LogP contribution >= 0.6 is 11.6 Å². The van der Waals surface area contributed by atoms with Gasteiger partial charge in [-0.15, -0.1) is 0 Å². The van der Waals surface area contributed by atoms with Gasteiger partial charge >= 0.3 is 0 Å². The van der Waals surface area contributed by atoms with Crippen LogP contribution in [0.2, 0.25) is 5.02 Å². The van der Waals surface area contributed by atoms with E-state index < -0.39 is 0 Å². The molecule has 0 aliphatic carbocycles. The molecule has 1 fully saturated rings. The van der Waals surface area contributed by atoms with Gasteiger partial charge in [-0.3, -0.25) is 9.69 Å². The largest absolute Gasteiger partial charge is 0.493 e. The second-order valence-corrected chi connectivity index (χ2v) is 13.4. The summed E-state index contributed by atoms with van der Waals surface area (Å²) in [4.78, 5) is 21.7. The number of carbonyl (C=O) groups excluding carboxylic acids is 1. The Morgan fingerprint density at radius 2 is 1.41 bits per heavy atom. The number of nitrogens with zero attached hydrogens (tertiary/aromatic N) is 3. The highest BCUT2D eigenvalue weighted by molar-refractivity contribution is 6.32. The summed E-state index contributed by atoms with van der Waals surface area (Å²) >= 11 is 6.62. The molecule has 2 heterocycles. The van der Waals surface area contributed by atoms with Crippen molar-refractivity contribution in [1.82, 2.24) is 14.8 Å². The molecule has 1 aliphatic heterocycles. The maximum absolute atomic E-state index is 13.1. The normalized spacial score (nSPS) is 13.4. The average Bonchev–Trinajstić information content (AvgIpc) is 3.14. The summed E-state index contributed by atoms with van der Waals surface area (Å²) in [6.45, 7) is 11.1. The molecule has 0 spiro atoms. The molecule has 0 unspecified atom stereocenters. The van der Waals surface area contributed by atoms with Crippen molar-refractivity contribution in [3.05, 3.63) is 153 Å². The summed E-state index contributed by atoms with van der Waals surface area (Å²) in [5.41, 5.74) is 7.70. The number of pyridine rings is 1. The number of halogens is 1. The predicted molar refractivity (Wildman–Crippen MR) is 204 cm³/mol. The molecule has 4 aromatic carbocycles. The van der Waals surface area contributed by atoms with E-state index in [0.717, 1.165) is 48.5 Å². The third kappa shape index (κ3) is 10.5. The lowest BCUT2D eigenvalue weighted by Gasteiger charge is -2.34. The van der Waals surface area contributed by atoms with E-state index in [4.69, 9.17) is 25.8 Å². The molecule has 0 radical (unpaired) electrons. The molecule has 0 atom stereocenters. The molecule has 6 rings (SSSR count). The van der Waals surface area contributed by atoms with Crippen molar-refractivity contribution < 1.29 is 19.0 Å². The van der Waals surface area contributed by atoms with Gasteiger partial charge in [0.25, 0.3) is 0 Å². The molecule has 1 aliphatic rings. The van der Waals surface area contributed by atoms with Crippen molar-refractivity contribution in [2.45, 2.75) is 40.3 Å². The molecule has 0 saturated carbocycles. The number of ether oxygens (including phenoxy) is 3. The first-order valence-corrected chi connectivity index (χ1v) is 17.7. The van der Waals surface area contributed by atoms with Gasteiger partial charge in [-0.1, -0.05) is 83.4 Å². The lowest BCUT2D eigenvalue weighted by atomic mass is 10.1. The van der Waals surface area contributed by atoms with Gasteiger partial charge in [-0.25, -0.2) is 4.98 Å². The number of hydrogen-bond acceptors (Lipinski definition) is 6. The lowest BCUT2D eigenvalue weighted by molar-refractivity contribution is -0.127. The Kier molecular flexibility index (Phi) is 12.0. The Morgan fingerprint density at radius 1 is 0.765 bits per heavy atom. The number of carbonyl (C=O) groups is 1. The highest BCUT2D eigenvalue weighted by atomic mass is 35.5. The highest BCUT2D eigenvalue weighted by Crippen LogP contribution is 2.31. The molecule has 262 valence electrons. The van der Waals surface area contributed by atoms with Crippen LogP contribution in [0.25, 0.3) is 6.08 Å². The number of aromatic nitrogens is 1. The maximum atomic E-state index is 13.1. The van der Waals surface area contributed by atoms with E-state index in [9.17, 15) is 4.79 Å². The Hall–Kier alpha value is -5.11. The summed E-state index contributed by atoms with van der Waals surface area (Å²) in [5.74, 6) is 2.58. The van der Waals surface area contributed by atoms with Gasteiger partial charge in [0.2, 0.25) is 11.8 Å². The van der Waals surface area contributed by atoms with Crippen molar-refractivity contribution in [3.8, 4) is 23.1 Å². The first-order valence-electron chi connectivity index (χ1n) is 17.4. The molecule has 5 aromatic rings. The van der Waals surface area contributed by atoms with Crippen LogP contribution in [0.4, 0.5) is 0 Å². The fourth-order valence-corrected chi connectivity index (χ4v) is 6.00. The van der Waals surface area contributed by atoms with Gasteiger partial charge in [-0.05, 0) is 78.9 Å². The standard InChI is InChI=1S/C43H44ClN3O4/c1-31-4-8-36(9-5-31)30-50-39-17-18-42(45-28-39)51-41-27-40(44)37(26-33(41)3)14-19-43(48)47-23-21-46(22-24-47)29-35-12-10-34(11-13-35)20-25-49-38-15-6-32(2)7-16-38/h4-19,26-28H,20-25,29-30H2,1-3H3/b19-14+. The molecule has 8 heteroatoms. The molecule has 51 heavy (non-hydrogen) atoms. The van der Waals surface area contributed by atoms with Crippen molar-refractivity contribution in [2.75, 3.05) is 32.8 Å². The van der Waals surface area contributed by atoms with Crippen molar-refractivity contribution >= 4 is 23.6 Å². The van der Waals surface area contributed by atoms with E-state index in [1.165, 1.54) is 22.3 Å². The molecule has 7 nitrogen and oxygen atoms in total. The quantitative estimate of drug-likeness (QED) is 0.114. The number of benzene rings is 4. The van der Waals surface area contributed by atoms with E-state index in [-0.39, 0.29) is 5.91 Å². The minimum atomic E-state index is -0.0187. The van der Waals surface area contributed by atoms with Crippen LogP contribution in [0.1, 0.15) is 38.9 Å². The van der Waals surface area contributed by atoms with E-state index >= 15 is 0 Å². The average molecular weight is 702 g/mol. The number of rotatable bonds is 13. The van der Waals surface area contributed by atoms with Crippen molar-refractivity contribution in [1.29, 1.82) is 0 Å². The molecule has 0 bridgehead atoms. The van der Waals surface area contributed by atoms with E-state index in [1.54, 1.807) is 30.5 Å². The van der Waals surface area contributed by atoms with Gasteiger partial charge in [0.05, 0.1) is 17.8 Å². The van der Waals surface area contributed by atoms with Gasteiger partial charge in [0.15, 0.2) is 0 Å². The zero-order valence-corrected chi connectivity index (χ0v) is 30.2. The molecular weight excluding hydrogens is 658 g/mol. The smallest absolute Gasteiger partial charge is 0.246 e.